The lowest BCUT2D eigenvalue weighted by atomic mass is 9.51. The summed E-state index contributed by atoms with van der Waals surface area (Å²) in [6.07, 6.45) is 7.59. The molecule has 1 spiro atoms. The number of ether oxygens (including phenoxy) is 1. The molecule has 0 unspecified atom stereocenters. The van der Waals surface area contributed by atoms with Gasteiger partial charge in [0, 0.05) is 29.6 Å². The lowest BCUT2D eigenvalue weighted by Gasteiger charge is -2.60. The smallest absolute Gasteiger partial charge is 0.246 e. The molecule has 1 saturated carbocycles. The van der Waals surface area contributed by atoms with Crippen molar-refractivity contribution < 1.29 is 14.3 Å². The molecule has 2 aliphatic carbocycles. The summed E-state index contributed by atoms with van der Waals surface area (Å²) in [4.78, 5) is 30.4. The summed E-state index contributed by atoms with van der Waals surface area (Å²) in [6, 6.07) is 16.9. The van der Waals surface area contributed by atoms with Crippen molar-refractivity contribution in [2.24, 2.45) is 11.8 Å². The quantitative estimate of drug-likeness (QED) is 0.511. The van der Waals surface area contributed by atoms with Crippen molar-refractivity contribution in [2.75, 3.05) is 19.6 Å². The van der Waals surface area contributed by atoms with Gasteiger partial charge in [-0.25, -0.2) is 0 Å². The van der Waals surface area contributed by atoms with Crippen LogP contribution in [0.2, 0.25) is 0 Å². The van der Waals surface area contributed by atoms with Gasteiger partial charge in [-0.2, -0.15) is 0 Å². The highest BCUT2D eigenvalue weighted by Crippen LogP contribution is 2.62. The number of piperidine rings is 1. The van der Waals surface area contributed by atoms with Crippen LogP contribution >= 0.6 is 0 Å². The third kappa shape index (κ3) is 4.03. The van der Waals surface area contributed by atoms with Crippen molar-refractivity contribution in [3.8, 4) is 5.75 Å². The summed E-state index contributed by atoms with van der Waals surface area (Å²) in [6.45, 7) is 8.23. The summed E-state index contributed by atoms with van der Waals surface area (Å²) >= 11 is 0. The van der Waals surface area contributed by atoms with Gasteiger partial charge >= 0.3 is 0 Å². The molecule has 2 aliphatic heterocycles. The van der Waals surface area contributed by atoms with E-state index in [0.717, 1.165) is 43.5 Å². The minimum Gasteiger partial charge on any atom is -0.487 e. The van der Waals surface area contributed by atoms with Crippen LogP contribution in [0.15, 0.2) is 54.6 Å². The minimum absolute atomic E-state index is 0.0323. The van der Waals surface area contributed by atoms with E-state index in [1.54, 1.807) is 13.0 Å². The highest BCUT2D eigenvalue weighted by Gasteiger charge is 2.66. The monoisotopic (exact) mass is 498 g/mol. The average Bonchev–Trinajstić information content (AvgIpc) is 3.22. The molecular formula is C32H38N2O3. The molecule has 0 N–H and O–H groups in total. The fraction of sp³-hybridized carbons (Fsp3) is 0.500. The van der Waals surface area contributed by atoms with Crippen LogP contribution in [-0.4, -0.2) is 59.3 Å². The number of rotatable bonds is 7. The number of hydrogen-bond acceptors (Lipinski definition) is 4. The normalized spacial score (nSPS) is 29.7. The van der Waals surface area contributed by atoms with Gasteiger partial charge in [0.25, 0.3) is 0 Å². The van der Waals surface area contributed by atoms with Gasteiger partial charge in [0.15, 0.2) is 0 Å². The van der Waals surface area contributed by atoms with E-state index in [-0.39, 0.29) is 29.3 Å². The molecule has 5 nitrogen and oxygen atoms in total. The number of hydrogen-bond donors (Lipinski definition) is 0. The third-order valence-corrected chi connectivity index (χ3v) is 9.19. The number of Topliss-reactive ketones (excluding diaryl/α,β-unsaturated/α-hetero) is 1. The molecule has 2 bridgehead atoms. The molecule has 2 fully saturated rings. The topological polar surface area (TPSA) is 49.9 Å². The Bertz CT molecular complexity index is 1220. The number of likely N-dealkylation sites (tertiary alicyclic amines) is 1. The van der Waals surface area contributed by atoms with Gasteiger partial charge in [0.05, 0.1) is 12.6 Å². The Kier molecular flexibility index (Phi) is 6.22. The maximum Gasteiger partial charge on any atom is 0.246 e. The number of ketones is 1. The average molecular weight is 499 g/mol. The van der Waals surface area contributed by atoms with E-state index in [1.165, 1.54) is 11.1 Å². The molecule has 0 radical (unpaired) electrons. The first-order chi connectivity index (χ1) is 17.9. The molecule has 194 valence electrons. The minimum atomic E-state index is -0.0797. The van der Waals surface area contributed by atoms with E-state index in [9.17, 15) is 9.59 Å². The van der Waals surface area contributed by atoms with Crippen LogP contribution in [0.4, 0.5) is 0 Å². The predicted octanol–water partition coefficient (Wildman–Crippen LogP) is 4.88. The SMILES string of the molecule is CC(=O)CN1CC[C@]23c4c5cccc4O[C@H]2[C@H](N(CC(C)C)C(=O)C=Cc2ccccc2)CC[C@H]3[C@H]1C5. The third-order valence-electron chi connectivity index (χ3n) is 9.19. The van der Waals surface area contributed by atoms with E-state index in [2.05, 4.69) is 41.8 Å². The first-order valence-electron chi connectivity index (χ1n) is 13.9. The summed E-state index contributed by atoms with van der Waals surface area (Å²) in [7, 11) is 0. The van der Waals surface area contributed by atoms with Crippen LogP contribution in [0.25, 0.3) is 6.08 Å². The molecule has 2 aromatic rings. The summed E-state index contributed by atoms with van der Waals surface area (Å²) in [5, 5.41) is 0. The van der Waals surface area contributed by atoms with Crippen molar-refractivity contribution >= 4 is 17.8 Å². The van der Waals surface area contributed by atoms with Crippen LogP contribution in [0.1, 0.15) is 56.7 Å². The molecule has 2 heterocycles. The van der Waals surface area contributed by atoms with Gasteiger partial charge < -0.3 is 9.64 Å². The molecule has 0 aromatic heterocycles. The molecule has 6 rings (SSSR count). The summed E-state index contributed by atoms with van der Waals surface area (Å²) in [5.41, 5.74) is 3.74. The largest absolute Gasteiger partial charge is 0.487 e. The summed E-state index contributed by atoms with van der Waals surface area (Å²) < 4.78 is 6.88. The van der Waals surface area contributed by atoms with Crippen LogP contribution < -0.4 is 4.74 Å². The van der Waals surface area contributed by atoms with Crippen molar-refractivity contribution in [2.45, 2.75) is 70.1 Å². The Morgan fingerprint density at radius 1 is 1.14 bits per heavy atom. The first kappa shape index (κ1) is 24.4. The highest BCUT2D eigenvalue weighted by molar-refractivity contribution is 5.92. The molecule has 5 heteroatoms. The maximum absolute atomic E-state index is 13.8. The van der Waals surface area contributed by atoms with Crippen LogP contribution in [0.3, 0.4) is 0 Å². The molecule has 37 heavy (non-hydrogen) atoms. The van der Waals surface area contributed by atoms with Crippen LogP contribution in [0.5, 0.6) is 5.75 Å². The van der Waals surface area contributed by atoms with Gasteiger partial charge in [-0.3, -0.25) is 14.5 Å². The second kappa shape index (κ2) is 9.43. The molecule has 5 atom stereocenters. The number of nitrogens with zero attached hydrogens (tertiary/aromatic N) is 2. The molecular weight excluding hydrogens is 460 g/mol. The lowest BCUT2D eigenvalue weighted by molar-refractivity contribution is -0.139. The maximum atomic E-state index is 13.8. The molecule has 2 aromatic carbocycles. The van der Waals surface area contributed by atoms with E-state index < -0.39 is 0 Å². The fourth-order valence-electron chi connectivity index (χ4n) is 7.98. The first-order valence-corrected chi connectivity index (χ1v) is 13.9. The zero-order valence-corrected chi connectivity index (χ0v) is 22.2. The van der Waals surface area contributed by atoms with Gasteiger partial charge in [-0.1, -0.05) is 56.3 Å². The second-order valence-corrected chi connectivity index (χ2v) is 11.9. The Balaban J connectivity index is 1.37. The number of amides is 1. The molecule has 1 saturated heterocycles. The zero-order chi connectivity index (χ0) is 25.7. The Morgan fingerprint density at radius 2 is 1.95 bits per heavy atom. The molecule has 4 aliphatic rings. The molecule has 1 amide bonds. The lowest BCUT2D eigenvalue weighted by Crippen LogP contribution is -2.69. The van der Waals surface area contributed by atoms with Crippen LogP contribution in [-0.2, 0) is 21.4 Å². The van der Waals surface area contributed by atoms with Crippen molar-refractivity contribution in [3.63, 3.8) is 0 Å². The standard InChI is InChI=1S/C32H38N2O3/c1-21(2)19-34(29(36)15-12-23-8-5-4-6-9-23)26-14-13-25-27-18-24-10-7-11-28-30(24)32(25,31(26)37-28)16-17-33(27)20-22(3)35/h4-12,15,21,25-27,31H,13-14,16-20H2,1-3H3/t25-,26+,27+,31-,32-/m0/s1. The number of carbonyl (C=O) groups is 2. The zero-order valence-electron chi connectivity index (χ0n) is 22.2. The van der Waals surface area contributed by atoms with Gasteiger partial charge in [0.1, 0.15) is 17.6 Å². The van der Waals surface area contributed by atoms with Gasteiger partial charge in [-0.15, -0.1) is 0 Å². The van der Waals surface area contributed by atoms with E-state index in [4.69, 9.17) is 4.74 Å². The number of benzene rings is 2. The van der Waals surface area contributed by atoms with Crippen molar-refractivity contribution in [1.82, 2.24) is 9.80 Å². The van der Waals surface area contributed by atoms with E-state index in [0.29, 0.717) is 31.0 Å². The second-order valence-electron chi connectivity index (χ2n) is 11.9. The van der Waals surface area contributed by atoms with E-state index in [1.807, 2.05) is 36.4 Å². The van der Waals surface area contributed by atoms with Crippen molar-refractivity contribution in [3.05, 3.63) is 71.3 Å². The van der Waals surface area contributed by atoms with Gasteiger partial charge in [-0.05, 0) is 74.3 Å². The fourth-order valence-corrected chi connectivity index (χ4v) is 7.98. The summed E-state index contributed by atoms with van der Waals surface area (Å²) in [5.74, 6) is 2.14. The number of carbonyl (C=O) groups excluding carboxylic acids is 2. The Labute approximate surface area is 220 Å². The van der Waals surface area contributed by atoms with Crippen molar-refractivity contribution in [1.29, 1.82) is 0 Å². The van der Waals surface area contributed by atoms with Gasteiger partial charge in [0.2, 0.25) is 5.91 Å². The highest BCUT2D eigenvalue weighted by atomic mass is 16.5. The van der Waals surface area contributed by atoms with E-state index >= 15 is 0 Å². The van der Waals surface area contributed by atoms with Crippen LogP contribution in [0, 0.1) is 11.8 Å². The Hall–Kier alpha value is -2.92. The predicted molar refractivity (Wildman–Crippen MR) is 145 cm³/mol. The Morgan fingerprint density at radius 3 is 2.70 bits per heavy atom.